The summed E-state index contributed by atoms with van der Waals surface area (Å²) in [6.45, 7) is 7.95. The van der Waals surface area contributed by atoms with Crippen LogP contribution in [0, 0.1) is 0 Å². The Labute approximate surface area is 143 Å². The van der Waals surface area contributed by atoms with Crippen molar-refractivity contribution in [3.63, 3.8) is 0 Å². The average Bonchev–Trinajstić information content (AvgIpc) is 2.61. The first kappa shape index (κ1) is 18.3. The van der Waals surface area contributed by atoms with Crippen molar-refractivity contribution in [1.29, 1.82) is 0 Å². The van der Waals surface area contributed by atoms with Crippen LogP contribution in [0.3, 0.4) is 0 Å². The third-order valence-electron chi connectivity index (χ3n) is 4.45. The molecule has 2 rings (SSSR count). The van der Waals surface area contributed by atoms with Gasteiger partial charge in [0, 0.05) is 33.1 Å². The second kappa shape index (κ2) is 8.68. The summed E-state index contributed by atoms with van der Waals surface area (Å²) in [6.07, 6.45) is 0.276. The van der Waals surface area contributed by atoms with Crippen molar-refractivity contribution >= 4 is 11.8 Å². The first-order valence-electron chi connectivity index (χ1n) is 8.44. The maximum absolute atomic E-state index is 12.6. The molecule has 1 aromatic rings. The molecule has 1 fully saturated rings. The minimum Gasteiger partial charge on any atom is -0.497 e. The van der Waals surface area contributed by atoms with Crippen LogP contribution in [0.4, 0.5) is 0 Å². The number of amides is 2. The number of carbonyl (C=O) groups is 2. The standard InChI is InChI=1S/C18H27N3O3/c1-4-20-9-11-21(12-10-20)18(23)13-17(19-14(2)22)15-5-7-16(24-3)8-6-15/h5-8,17H,4,9-13H2,1-3H3,(H,19,22). The number of nitrogens with zero attached hydrogens (tertiary/aromatic N) is 2. The molecule has 1 N–H and O–H groups in total. The van der Waals surface area contributed by atoms with Crippen LogP contribution < -0.4 is 10.1 Å². The van der Waals surface area contributed by atoms with Gasteiger partial charge in [0.05, 0.1) is 19.6 Å². The van der Waals surface area contributed by atoms with Gasteiger partial charge in [-0.15, -0.1) is 0 Å². The molecule has 1 unspecified atom stereocenters. The van der Waals surface area contributed by atoms with Crippen molar-refractivity contribution in [2.75, 3.05) is 39.8 Å². The highest BCUT2D eigenvalue weighted by Gasteiger charge is 2.24. The van der Waals surface area contributed by atoms with E-state index in [1.807, 2.05) is 29.2 Å². The van der Waals surface area contributed by atoms with Crippen LogP contribution in [0.15, 0.2) is 24.3 Å². The highest BCUT2D eigenvalue weighted by Crippen LogP contribution is 2.21. The molecule has 0 aliphatic carbocycles. The highest BCUT2D eigenvalue weighted by atomic mass is 16.5. The number of methoxy groups -OCH3 is 1. The Morgan fingerprint density at radius 3 is 2.29 bits per heavy atom. The molecule has 6 nitrogen and oxygen atoms in total. The Hall–Kier alpha value is -2.08. The van der Waals surface area contributed by atoms with Crippen molar-refractivity contribution in [3.05, 3.63) is 29.8 Å². The molecule has 1 aromatic carbocycles. The Balaban J connectivity index is 2.02. The Bertz CT molecular complexity index is 551. The molecular formula is C18H27N3O3. The molecule has 1 heterocycles. The number of ether oxygens (including phenoxy) is 1. The van der Waals surface area contributed by atoms with Crippen molar-refractivity contribution in [1.82, 2.24) is 15.1 Å². The maximum atomic E-state index is 12.6. The Morgan fingerprint density at radius 1 is 1.17 bits per heavy atom. The van der Waals surface area contributed by atoms with E-state index in [0.29, 0.717) is 0 Å². The molecule has 0 saturated carbocycles. The van der Waals surface area contributed by atoms with E-state index in [9.17, 15) is 9.59 Å². The second-order valence-corrected chi connectivity index (χ2v) is 6.05. The van der Waals surface area contributed by atoms with Gasteiger partial charge in [0.2, 0.25) is 11.8 Å². The quantitative estimate of drug-likeness (QED) is 0.855. The molecule has 6 heteroatoms. The van der Waals surface area contributed by atoms with Gasteiger partial charge in [0.1, 0.15) is 5.75 Å². The van der Waals surface area contributed by atoms with Gasteiger partial charge in [-0.2, -0.15) is 0 Å². The minimum absolute atomic E-state index is 0.0836. The molecular weight excluding hydrogens is 306 g/mol. The normalized spacial score (nSPS) is 16.5. The first-order valence-corrected chi connectivity index (χ1v) is 8.44. The summed E-state index contributed by atoms with van der Waals surface area (Å²) in [5.41, 5.74) is 0.909. The van der Waals surface area contributed by atoms with Crippen LogP contribution >= 0.6 is 0 Å². The van der Waals surface area contributed by atoms with E-state index in [4.69, 9.17) is 4.74 Å². The van der Waals surface area contributed by atoms with Crippen molar-refractivity contribution in [3.8, 4) is 5.75 Å². The molecule has 24 heavy (non-hydrogen) atoms. The number of hydrogen-bond donors (Lipinski definition) is 1. The third-order valence-corrected chi connectivity index (χ3v) is 4.45. The zero-order valence-corrected chi connectivity index (χ0v) is 14.7. The summed E-state index contributed by atoms with van der Waals surface area (Å²) in [6, 6.07) is 7.15. The molecule has 1 aliphatic rings. The number of likely N-dealkylation sites (N-methyl/N-ethyl adjacent to an activating group) is 1. The number of hydrogen-bond acceptors (Lipinski definition) is 4. The summed E-state index contributed by atoms with van der Waals surface area (Å²) >= 11 is 0. The molecule has 0 aromatic heterocycles. The summed E-state index contributed by atoms with van der Waals surface area (Å²) < 4.78 is 5.16. The van der Waals surface area contributed by atoms with E-state index in [1.165, 1.54) is 6.92 Å². The van der Waals surface area contributed by atoms with Gasteiger partial charge < -0.3 is 19.9 Å². The fraction of sp³-hybridized carbons (Fsp3) is 0.556. The predicted octanol–water partition coefficient (Wildman–Crippen LogP) is 1.43. The molecule has 1 saturated heterocycles. The van der Waals surface area contributed by atoms with Gasteiger partial charge in [0.15, 0.2) is 0 Å². The number of carbonyl (C=O) groups excluding carboxylic acids is 2. The SMILES string of the molecule is CCN1CCN(C(=O)CC(NC(C)=O)c2ccc(OC)cc2)CC1. The lowest BCUT2D eigenvalue weighted by molar-refractivity contribution is -0.133. The zero-order valence-electron chi connectivity index (χ0n) is 14.7. The van der Waals surface area contributed by atoms with E-state index in [1.54, 1.807) is 7.11 Å². The van der Waals surface area contributed by atoms with Gasteiger partial charge in [-0.25, -0.2) is 0 Å². The van der Waals surface area contributed by atoms with Crippen LogP contribution in [-0.2, 0) is 9.59 Å². The van der Waals surface area contributed by atoms with E-state index in [2.05, 4.69) is 17.1 Å². The topological polar surface area (TPSA) is 61.9 Å². The van der Waals surface area contributed by atoms with E-state index in [-0.39, 0.29) is 24.3 Å². The summed E-state index contributed by atoms with van der Waals surface area (Å²) in [4.78, 5) is 28.4. The fourth-order valence-electron chi connectivity index (χ4n) is 2.95. The lowest BCUT2D eigenvalue weighted by Gasteiger charge is -2.34. The summed E-state index contributed by atoms with van der Waals surface area (Å²) in [7, 11) is 1.61. The van der Waals surface area contributed by atoms with Crippen LogP contribution in [0.5, 0.6) is 5.75 Å². The monoisotopic (exact) mass is 333 g/mol. The second-order valence-electron chi connectivity index (χ2n) is 6.05. The average molecular weight is 333 g/mol. The fourth-order valence-corrected chi connectivity index (χ4v) is 2.95. The van der Waals surface area contributed by atoms with Gasteiger partial charge in [-0.1, -0.05) is 19.1 Å². The van der Waals surface area contributed by atoms with E-state index in [0.717, 1.165) is 44.0 Å². The van der Waals surface area contributed by atoms with Crippen molar-refractivity contribution in [2.45, 2.75) is 26.3 Å². The van der Waals surface area contributed by atoms with Gasteiger partial charge in [0.25, 0.3) is 0 Å². The van der Waals surface area contributed by atoms with Crippen LogP contribution in [0.25, 0.3) is 0 Å². The molecule has 2 amide bonds. The van der Waals surface area contributed by atoms with Crippen LogP contribution in [-0.4, -0.2) is 61.4 Å². The lowest BCUT2D eigenvalue weighted by Crippen LogP contribution is -2.49. The van der Waals surface area contributed by atoms with Gasteiger partial charge in [-0.05, 0) is 24.2 Å². The highest BCUT2D eigenvalue weighted by molar-refractivity contribution is 5.79. The number of nitrogens with one attached hydrogen (secondary N) is 1. The summed E-state index contributed by atoms with van der Waals surface area (Å²) in [5, 5.41) is 2.89. The zero-order chi connectivity index (χ0) is 17.5. The molecule has 1 aliphatic heterocycles. The van der Waals surface area contributed by atoms with Gasteiger partial charge in [-0.3, -0.25) is 9.59 Å². The molecule has 0 bridgehead atoms. The molecule has 0 spiro atoms. The minimum atomic E-state index is -0.315. The lowest BCUT2D eigenvalue weighted by atomic mass is 10.0. The number of benzene rings is 1. The molecule has 0 radical (unpaired) electrons. The van der Waals surface area contributed by atoms with Crippen LogP contribution in [0.2, 0.25) is 0 Å². The summed E-state index contributed by atoms with van der Waals surface area (Å²) in [5.74, 6) is 0.696. The Morgan fingerprint density at radius 2 is 1.79 bits per heavy atom. The van der Waals surface area contributed by atoms with Gasteiger partial charge >= 0.3 is 0 Å². The third kappa shape index (κ3) is 4.96. The largest absolute Gasteiger partial charge is 0.497 e. The molecule has 1 atom stereocenters. The first-order chi connectivity index (χ1) is 11.5. The molecule has 132 valence electrons. The maximum Gasteiger partial charge on any atom is 0.225 e. The van der Waals surface area contributed by atoms with Crippen LogP contribution in [0.1, 0.15) is 31.9 Å². The number of piperazine rings is 1. The predicted molar refractivity (Wildman–Crippen MR) is 92.9 cm³/mol. The van der Waals surface area contributed by atoms with E-state index < -0.39 is 0 Å². The van der Waals surface area contributed by atoms with Crippen molar-refractivity contribution in [2.24, 2.45) is 0 Å². The Kier molecular flexibility index (Phi) is 6.61. The van der Waals surface area contributed by atoms with E-state index >= 15 is 0 Å². The van der Waals surface area contributed by atoms with Crippen molar-refractivity contribution < 1.29 is 14.3 Å². The smallest absolute Gasteiger partial charge is 0.225 e. The number of rotatable bonds is 6.